The number of hydrogen-bond acceptors (Lipinski definition) is 5. The van der Waals surface area contributed by atoms with Gasteiger partial charge in [0.25, 0.3) is 5.69 Å². The molecule has 8 heteroatoms. The Morgan fingerprint density at radius 1 is 1.35 bits per heavy atom. The first-order valence-corrected chi connectivity index (χ1v) is 6.55. The van der Waals surface area contributed by atoms with Gasteiger partial charge in [-0.1, -0.05) is 18.2 Å². The Balaban J connectivity index is 2.55. The summed E-state index contributed by atoms with van der Waals surface area (Å²) in [5, 5.41) is 18.3. The summed E-state index contributed by atoms with van der Waals surface area (Å²) in [4.78, 5) is 10.2. The first-order chi connectivity index (χ1) is 7.90. The molecular weight excluding hydrogens is 246 g/mol. The molecule has 0 fully saturated rings. The van der Waals surface area contributed by atoms with E-state index in [1.165, 1.54) is 6.07 Å². The number of benzene rings is 1. The maximum absolute atomic E-state index is 10.7. The SMILES string of the molecule is NS(=O)(=O)CCNCc1ccccc1[N+](=O)[O-]. The molecule has 3 N–H and O–H groups in total. The molecule has 0 aromatic heterocycles. The summed E-state index contributed by atoms with van der Waals surface area (Å²) in [6.45, 7) is 0.386. The van der Waals surface area contributed by atoms with E-state index >= 15 is 0 Å². The minimum atomic E-state index is -3.50. The number of nitro groups is 1. The van der Waals surface area contributed by atoms with Crippen LogP contribution in [0, 0.1) is 10.1 Å². The van der Waals surface area contributed by atoms with Gasteiger partial charge in [-0.2, -0.15) is 0 Å². The molecule has 0 atom stereocenters. The highest BCUT2D eigenvalue weighted by molar-refractivity contribution is 7.89. The van der Waals surface area contributed by atoms with E-state index in [-0.39, 0.29) is 24.5 Å². The zero-order valence-corrected chi connectivity index (χ0v) is 9.81. The maximum atomic E-state index is 10.7. The van der Waals surface area contributed by atoms with Crippen LogP contribution in [0.25, 0.3) is 0 Å². The van der Waals surface area contributed by atoms with Crippen LogP contribution in [0.3, 0.4) is 0 Å². The number of nitrogens with two attached hydrogens (primary N) is 1. The number of hydrogen-bond donors (Lipinski definition) is 2. The molecular formula is C9H13N3O4S. The summed E-state index contributed by atoms with van der Waals surface area (Å²) in [6.07, 6.45) is 0. The number of sulfonamides is 1. The van der Waals surface area contributed by atoms with Gasteiger partial charge in [0.15, 0.2) is 0 Å². The molecule has 0 heterocycles. The summed E-state index contributed by atoms with van der Waals surface area (Å²) in [7, 11) is -3.50. The number of rotatable bonds is 6. The van der Waals surface area contributed by atoms with Crippen molar-refractivity contribution in [2.45, 2.75) is 6.54 Å². The summed E-state index contributed by atoms with van der Waals surface area (Å²) >= 11 is 0. The van der Waals surface area contributed by atoms with Gasteiger partial charge in [0.05, 0.1) is 10.7 Å². The second kappa shape index (κ2) is 5.71. The zero-order chi connectivity index (χ0) is 12.9. The number of para-hydroxylation sites is 1. The Morgan fingerprint density at radius 2 is 2.00 bits per heavy atom. The van der Waals surface area contributed by atoms with E-state index in [1.807, 2.05) is 0 Å². The van der Waals surface area contributed by atoms with Crippen LogP contribution in [-0.4, -0.2) is 25.6 Å². The summed E-state index contributed by atoms with van der Waals surface area (Å²) in [5.41, 5.74) is 0.516. The minimum absolute atomic E-state index is 0.00982. The Morgan fingerprint density at radius 3 is 2.59 bits per heavy atom. The van der Waals surface area contributed by atoms with E-state index < -0.39 is 14.9 Å². The van der Waals surface area contributed by atoms with E-state index in [2.05, 4.69) is 5.32 Å². The third-order valence-corrected chi connectivity index (χ3v) is 2.84. The Hall–Kier alpha value is -1.51. The lowest BCUT2D eigenvalue weighted by molar-refractivity contribution is -0.385. The van der Waals surface area contributed by atoms with Crippen molar-refractivity contribution < 1.29 is 13.3 Å². The minimum Gasteiger partial charge on any atom is -0.311 e. The van der Waals surface area contributed by atoms with Gasteiger partial charge >= 0.3 is 0 Å². The molecule has 1 aromatic rings. The van der Waals surface area contributed by atoms with Crippen LogP contribution < -0.4 is 10.5 Å². The Bertz CT molecular complexity index is 501. The number of nitrogens with one attached hydrogen (secondary N) is 1. The van der Waals surface area contributed by atoms with Gasteiger partial charge in [-0.25, -0.2) is 13.6 Å². The highest BCUT2D eigenvalue weighted by Gasteiger charge is 2.11. The molecule has 0 radical (unpaired) electrons. The second-order valence-electron chi connectivity index (χ2n) is 3.43. The molecule has 0 spiro atoms. The van der Waals surface area contributed by atoms with E-state index in [4.69, 9.17) is 5.14 Å². The normalized spacial score (nSPS) is 11.4. The molecule has 0 aliphatic carbocycles. The van der Waals surface area contributed by atoms with Gasteiger partial charge in [0, 0.05) is 24.7 Å². The van der Waals surface area contributed by atoms with Gasteiger partial charge < -0.3 is 5.32 Å². The Labute approximate surface area is 98.8 Å². The van der Waals surface area contributed by atoms with E-state index in [0.29, 0.717) is 5.56 Å². The fourth-order valence-electron chi connectivity index (χ4n) is 1.28. The lowest BCUT2D eigenvalue weighted by Crippen LogP contribution is -2.27. The molecule has 0 saturated carbocycles. The van der Waals surface area contributed by atoms with Gasteiger partial charge in [-0.05, 0) is 0 Å². The summed E-state index contributed by atoms with van der Waals surface area (Å²) in [6, 6.07) is 6.27. The number of primary sulfonamides is 1. The maximum Gasteiger partial charge on any atom is 0.273 e. The smallest absolute Gasteiger partial charge is 0.273 e. The predicted octanol–water partition coefficient (Wildman–Crippen LogP) is -0.0271. The molecule has 0 aliphatic rings. The molecule has 94 valence electrons. The first kappa shape index (κ1) is 13.6. The topological polar surface area (TPSA) is 115 Å². The lowest BCUT2D eigenvalue weighted by atomic mass is 10.2. The van der Waals surface area contributed by atoms with Crippen LogP contribution in [-0.2, 0) is 16.6 Å². The molecule has 0 bridgehead atoms. The summed E-state index contributed by atoms with van der Waals surface area (Å²) < 4.78 is 21.3. The first-order valence-electron chi connectivity index (χ1n) is 4.83. The van der Waals surface area contributed by atoms with Crippen LogP contribution in [0.4, 0.5) is 5.69 Å². The summed E-state index contributed by atoms with van der Waals surface area (Å²) in [5.74, 6) is -0.201. The zero-order valence-electron chi connectivity index (χ0n) is 9.00. The second-order valence-corrected chi connectivity index (χ2v) is 5.16. The van der Waals surface area contributed by atoms with Crippen molar-refractivity contribution in [2.24, 2.45) is 5.14 Å². The monoisotopic (exact) mass is 259 g/mol. The molecule has 0 amide bonds. The van der Waals surface area contributed by atoms with Gasteiger partial charge in [-0.3, -0.25) is 10.1 Å². The lowest BCUT2D eigenvalue weighted by Gasteiger charge is -2.04. The standard InChI is InChI=1S/C9H13N3O4S/c10-17(15,16)6-5-11-7-8-3-1-2-4-9(8)12(13)14/h1-4,11H,5-7H2,(H2,10,15,16). The molecule has 0 unspecified atom stereocenters. The van der Waals surface area contributed by atoms with Crippen LogP contribution in [0.2, 0.25) is 0 Å². The fraction of sp³-hybridized carbons (Fsp3) is 0.333. The van der Waals surface area contributed by atoms with Crippen molar-refractivity contribution in [1.82, 2.24) is 5.32 Å². The average molecular weight is 259 g/mol. The third-order valence-electron chi connectivity index (χ3n) is 2.07. The highest BCUT2D eigenvalue weighted by Crippen LogP contribution is 2.16. The molecule has 1 aromatic carbocycles. The van der Waals surface area contributed by atoms with Crippen LogP contribution in [0.5, 0.6) is 0 Å². The largest absolute Gasteiger partial charge is 0.311 e. The average Bonchev–Trinajstić information content (AvgIpc) is 2.23. The number of nitro benzene ring substituents is 1. The highest BCUT2D eigenvalue weighted by atomic mass is 32.2. The van der Waals surface area contributed by atoms with Crippen LogP contribution in [0.15, 0.2) is 24.3 Å². The van der Waals surface area contributed by atoms with Gasteiger partial charge in [0.1, 0.15) is 0 Å². The van der Waals surface area contributed by atoms with Crippen molar-refractivity contribution in [3.63, 3.8) is 0 Å². The van der Waals surface area contributed by atoms with E-state index in [1.54, 1.807) is 18.2 Å². The van der Waals surface area contributed by atoms with Crippen LogP contribution >= 0.6 is 0 Å². The fourth-order valence-corrected chi connectivity index (χ4v) is 1.70. The van der Waals surface area contributed by atoms with Crippen molar-refractivity contribution >= 4 is 15.7 Å². The van der Waals surface area contributed by atoms with Crippen LogP contribution in [0.1, 0.15) is 5.56 Å². The van der Waals surface area contributed by atoms with Crippen molar-refractivity contribution in [2.75, 3.05) is 12.3 Å². The third kappa shape index (κ3) is 4.89. The van der Waals surface area contributed by atoms with E-state index in [9.17, 15) is 18.5 Å². The molecule has 7 nitrogen and oxygen atoms in total. The molecule has 0 saturated heterocycles. The number of nitrogens with zero attached hydrogens (tertiary/aromatic N) is 1. The van der Waals surface area contributed by atoms with Crippen molar-refractivity contribution in [3.8, 4) is 0 Å². The van der Waals surface area contributed by atoms with E-state index in [0.717, 1.165) is 0 Å². The quantitative estimate of drug-likeness (QED) is 0.423. The predicted molar refractivity (Wildman–Crippen MR) is 62.8 cm³/mol. The van der Waals surface area contributed by atoms with Crippen molar-refractivity contribution in [3.05, 3.63) is 39.9 Å². The molecule has 17 heavy (non-hydrogen) atoms. The molecule has 1 rings (SSSR count). The van der Waals surface area contributed by atoms with Crippen molar-refractivity contribution in [1.29, 1.82) is 0 Å². The van der Waals surface area contributed by atoms with Gasteiger partial charge in [0.2, 0.25) is 10.0 Å². The Kier molecular flexibility index (Phi) is 4.55. The molecule has 0 aliphatic heterocycles. The van der Waals surface area contributed by atoms with Gasteiger partial charge in [-0.15, -0.1) is 0 Å².